The lowest BCUT2D eigenvalue weighted by atomic mass is 9.76. The zero-order valence-corrected chi connectivity index (χ0v) is 17.4. The lowest BCUT2D eigenvalue weighted by Gasteiger charge is -2.28. The van der Waals surface area contributed by atoms with Crippen molar-refractivity contribution in [2.75, 3.05) is 0 Å². The van der Waals surface area contributed by atoms with Gasteiger partial charge in [-0.05, 0) is 52.0 Å². The summed E-state index contributed by atoms with van der Waals surface area (Å²) in [6.45, 7) is 15.7. The van der Waals surface area contributed by atoms with Crippen LogP contribution >= 0.6 is 0 Å². The summed E-state index contributed by atoms with van der Waals surface area (Å²) in [7, 11) is 1.90. The van der Waals surface area contributed by atoms with E-state index in [2.05, 4.69) is 66.7 Å². The topological polar surface area (TPSA) is 3.88 Å². The van der Waals surface area contributed by atoms with Crippen LogP contribution in [-0.4, -0.2) is 0 Å². The van der Waals surface area contributed by atoms with Crippen molar-refractivity contribution in [2.24, 2.45) is 7.05 Å². The first-order valence-corrected chi connectivity index (χ1v) is 9.38. The normalized spacial score (nSPS) is 13.7. The Hall–Kier alpha value is -2.15. The Labute approximate surface area is 161 Å². The molecule has 0 aliphatic carbocycles. The van der Waals surface area contributed by atoms with Gasteiger partial charge in [0.05, 0.1) is 12.3 Å². The maximum absolute atomic E-state index is 8.52. The summed E-state index contributed by atoms with van der Waals surface area (Å²) in [5.41, 5.74) is 6.10. The number of hydrogen-bond acceptors (Lipinski definition) is 0. The SMILES string of the molecule is [2H]c1c([2H])[n+](C)c(-c2cc(C(C)(C)C)cc(C(C)(C)C)c2C)c2ccccc12. The van der Waals surface area contributed by atoms with Gasteiger partial charge < -0.3 is 0 Å². The standard InChI is InChI=1S/C25H32N/c1-17-21(15-19(24(2,3)4)16-22(17)25(5,6)7)23-20-12-10-9-11-18(20)13-14-26(23)8/h9-16H,1-8H3/q+1/i13D,14D. The van der Waals surface area contributed by atoms with Gasteiger partial charge in [-0.3, -0.25) is 0 Å². The second kappa shape index (κ2) is 6.23. The van der Waals surface area contributed by atoms with Crippen molar-refractivity contribution in [1.82, 2.24) is 0 Å². The molecule has 0 radical (unpaired) electrons. The first kappa shape index (κ1) is 16.1. The van der Waals surface area contributed by atoms with Crippen molar-refractivity contribution in [3.63, 3.8) is 0 Å². The van der Waals surface area contributed by atoms with Crippen LogP contribution in [-0.2, 0) is 17.9 Å². The number of nitrogens with zero attached hydrogens (tertiary/aromatic N) is 1. The van der Waals surface area contributed by atoms with E-state index in [0.29, 0.717) is 0 Å². The summed E-state index contributed by atoms with van der Waals surface area (Å²) < 4.78 is 18.8. The van der Waals surface area contributed by atoms with Crippen molar-refractivity contribution in [2.45, 2.75) is 59.3 Å². The number of pyridine rings is 1. The zero-order valence-electron chi connectivity index (χ0n) is 19.4. The molecule has 3 rings (SSSR count). The highest BCUT2D eigenvalue weighted by atomic mass is 14.9. The molecule has 1 aromatic heterocycles. The van der Waals surface area contributed by atoms with Crippen molar-refractivity contribution >= 4 is 10.8 Å². The Bertz CT molecular complexity index is 1070. The van der Waals surface area contributed by atoms with Crippen LogP contribution in [0.3, 0.4) is 0 Å². The third-order valence-electron chi connectivity index (χ3n) is 5.21. The molecule has 2 aromatic carbocycles. The fourth-order valence-electron chi connectivity index (χ4n) is 3.68. The minimum atomic E-state index is 0.0215. The van der Waals surface area contributed by atoms with Crippen LogP contribution in [0, 0.1) is 6.92 Å². The van der Waals surface area contributed by atoms with Gasteiger partial charge in [-0.15, -0.1) is 0 Å². The van der Waals surface area contributed by atoms with Gasteiger partial charge in [0, 0.05) is 6.04 Å². The second-order valence-corrected chi connectivity index (χ2v) is 9.39. The molecular formula is C25H32N+. The van der Waals surface area contributed by atoms with Gasteiger partial charge in [-0.1, -0.05) is 65.8 Å². The molecule has 3 aromatic rings. The van der Waals surface area contributed by atoms with Gasteiger partial charge >= 0.3 is 0 Å². The van der Waals surface area contributed by atoms with Crippen LogP contribution in [0.4, 0.5) is 0 Å². The average molecular weight is 349 g/mol. The van der Waals surface area contributed by atoms with Crippen LogP contribution in [0.2, 0.25) is 0 Å². The summed E-state index contributed by atoms with van der Waals surface area (Å²) in [5.74, 6) is 0. The Morgan fingerprint density at radius 2 is 1.58 bits per heavy atom. The van der Waals surface area contributed by atoms with Crippen molar-refractivity contribution < 1.29 is 7.31 Å². The van der Waals surface area contributed by atoms with E-state index in [1.165, 1.54) is 16.7 Å². The number of benzene rings is 2. The summed E-state index contributed by atoms with van der Waals surface area (Å²) in [6, 6.07) is 12.9. The Kier molecular flexibility index (Phi) is 3.85. The van der Waals surface area contributed by atoms with Crippen LogP contribution in [0.1, 0.15) is 61.0 Å². The van der Waals surface area contributed by atoms with Gasteiger partial charge in [-0.25, -0.2) is 4.57 Å². The van der Waals surface area contributed by atoms with Crippen LogP contribution < -0.4 is 4.57 Å². The van der Waals surface area contributed by atoms with Crippen LogP contribution in [0.25, 0.3) is 22.0 Å². The Morgan fingerprint density at radius 3 is 2.19 bits per heavy atom. The lowest BCUT2D eigenvalue weighted by molar-refractivity contribution is -0.659. The maximum Gasteiger partial charge on any atom is 0.220 e. The van der Waals surface area contributed by atoms with E-state index < -0.39 is 0 Å². The van der Waals surface area contributed by atoms with Gasteiger partial charge in [0.15, 0.2) is 6.17 Å². The first-order chi connectivity index (χ1) is 12.8. The summed E-state index contributed by atoms with van der Waals surface area (Å²) >= 11 is 0. The molecule has 0 saturated heterocycles. The number of rotatable bonds is 1. The minimum Gasteiger partial charge on any atom is -0.200 e. The van der Waals surface area contributed by atoms with Gasteiger partial charge in [-0.2, -0.15) is 0 Å². The van der Waals surface area contributed by atoms with E-state index in [4.69, 9.17) is 2.74 Å². The second-order valence-electron chi connectivity index (χ2n) is 9.39. The van der Waals surface area contributed by atoms with Crippen molar-refractivity contribution in [3.8, 4) is 11.3 Å². The van der Waals surface area contributed by atoms with Crippen LogP contribution in [0.5, 0.6) is 0 Å². The number of hydrogen-bond donors (Lipinski definition) is 0. The molecule has 0 unspecified atom stereocenters. The quantitative estimate of drug-likeness (QED) is 0.459. The molecule has 0 saturated carbocycles. The fourth-order valence-corrected chi connectivity index (χ4v) is 3.68. The van der Waals surface area contributed by atoms with Crippen LogP contribution in [0.15, 0.2) is 48.6 Å². The van der Waals surface area contributed by atoms with Crippen molar-refractivity contribution in [3.05, 3.63) is 65.3 Å². The van der Waals surface area contributed by atoms with Gasteiger partial charge in [0.2, 0.25) is 5.69 Å². The highest BCUT2D eigenvalue weighted by molar-refractivity contribution is 5.93. The van der Waals surface area contributed by atoms with E-state index >= 15 is 0 Å². The molecule has 1 heterocycles. The third kappa shape index (κ3) is 3.28. The lowest BCUT2D eigenvalue weighted by Crippen LogP contribution is -2.31. The van der Waals surface area contributed by atoms with E-state index in [9.17, 15) is 0 Å². The zero-order chi connectivity index (χ0) is 21.0. The molecule has 136 valence electrons. The minimum absolute atomic E-state index is 0.0215. The summed E-state index contributed by atoms with van der Waals surface area (Å²) in [6.07, 6.45) is 0.242. The van der Waals surface area contributed by atoms with E-state index in [1.54, 1.807) is 0 Å². The largest absolute Gasteiger partial charge is 0.220 e. The van der Waals surface area contributed by atoms with Gasteiger partial charge in [0.25, 0.3) is 0 Å². The molecule has 0 N–H and O–H groups in total. The average Bonchev–Trinajstić information content (AvgIpc) is 2.59. The monoisotopic (exact) mass is 348 g/mol. The van der Waals surface area contributed by atoms with E-state index in [-0.39, 0.29) is 23.0 Å². The summed E-state index contributed by atoms with van der Waals surface area (Å²) in [4.78, 5) is 0. The first-order valence-electron chi connectivity index (χ1n) is 10.4. The molecule has 0 aliphatic heterocycles. The molecular weight excluding hydrogens is 314 g/mol. The van der Waals surface area contributed by atoms with E-state index in [0.717, 1.165) is 22.0 Å². The third-order valence-corrected chi connectivity index (χ3v) is 5.21. The fraction of sp³-hybridized carbons (Fsp3) is 0.400. The Balaban J connectivity index is 2.52. The molecule has 1 nitrogen and oxygen atoms in total. The Morgan fingerprint density at radius 1 is 0.923 bits per heavy atom. The molecule has 0 bridgehead atoms. The number of aromatic nitrogens is 1. The van der Waals surface area contributed by atoms with Crippen molar-refractivity contribution in [1.29, 1.82) is 0 Å². The highest BCUT2D eigenvalue weighted by Gasteiger charge is 2.27. The molecule has 0 fully saturated rings. The number of fused-ring (bicyclic) bond motifs is 1. The molecule has 0 aliphatic rings. The molecule has 0 spiro atoms. The highest BCUT2D eigenvalue weighted by Crippen LogP contribution is 2.38. The summed E-state index contributed by atoms with van der Waals surface area (Å²) in [5, 5.41) is 1.86. The van der Waals surface area contributed by atoms with E-state index in [1.807, 2.05) is 29.8 Å². The molecule has 0 atom stereocenters. The molecule has 0 amide bonds. The predicted octanol–water partition coefficient (Wildman–Crippen LogP) is 6.23. The van der Waals surface area contributed by atoms with Gasteiger partial charge in [0.1, 0.15) is 8.42 Å². The smallest absolute Gasteiger partial charge is 0.200 e. The predicted molar refractivity (Wildman–Crippen MR) is 113 cm³/mol. The molecule has 1 heteroatoms. The maximum atomic E-state index is 8.52. The molecule has 26 heavy (non-hydrogen) atoms.